The highest BCUT2D eigenvalue weighted by molar-refractivity contribution is 6.31. The van der Waals surface area contributed by atoms with E-state index in [0.717, 1.165) is 31.2 Å². The van der Waals surface area contributed by atoms with E-state index in [0.29, 0.717) is 10.7 Å². The van der Waals surface area contributed by atoms with Crippen LogP contribution in [-0.2, 0) is 0 Å². The van der Waals surface area contributed by atoms with Crippen molar-refractivity contribution in [3.8, 4) is 0 Å². The molecule has 0 spiro atoms. The van der Waals surface area contributed by atoms with Gasteiger partial charge in [0.15, 0.2) is 0 Å². The Kier molecular flexibility index (Phi) is 4.80. The molecule has 24 heavy (non-hydrogen) atoms. The van der Waals surface area contributed by atoms with Crippen molar-refractivity contribution in [1.29, 1.82) is 0 Å². The van der Waals surface area contributed by atoms with E-state index >= 15 is 0 Å². The predicted octanol–water partition coefficient (Wildman–Crippen LogP) is 4.44. The lowest BCUT2D eigenvalue weighted by Gasteiger charge is -2.14. The number of nitrogens with zero attached hydrogens (tertiary/aromatic N) is 3. The minimum atomic E-state index is -0.463. The summed E-state index contributed by atoms with van der Waals surface area (Å²) in [5, 5.41) is 18.3. The number of hydrogen-bond donors (Lipinski definition) is 2. The molecule has 1 aromatic carbocycles. The molecule has 2 N–H and O–H groups in total. The molecule has 1 aromatic heterocycles. The quantitative estimate of drug-likeness (QED) is 0.613. The standard InChI is InChI=1S/C16H18ClN5O2/c1-10-6-7-12(8-13(10)17)21-16-14(22(23)24)15(18-9-19-16)20-11-4-2-3-5-11/h6-9,11H,2-5H2,1H3,(H2,18,19,20,21). The Hall–Kier alpha value is -2.41. The van der Waals surface area contributed by atoms with Gasteiger partial charge in [-0.3, -0.25) is 10.1 Å². The highest BCUT2D eigenvalue weighted by Gasteiger charge is 2.26. The molecule has 0 amide bonds. The van der Waals surface area contributed by atoms with Crippen LogP contribution in [0.2, 0.25) is 5.02 Å². The predicted molar refractivity (Wildman–Crippen MR) is 94.0 cm³/mol. The molecule has 7 nitrogen and oxygen atoms in total. The monoisotopic (exact) mass is 347 g/mol. The van der Waals surface area contributed by atoms with Crippen molar-refractivity contribution in [3.05, 3.63) is 45.2 Å². The van der Waals surface area contributed by atoms with Crippen LogP contribution in [0, 0.1) is 17.0 Å². The molecule has 0 bridgehead atoms. The molecule has 3 rings (SSSR count). The number of aromatic nitrogens is 2. The molecule has 1 heterocycles. The summed E-state index contributed by atoms with van der Waals surface area (Å²) in [6, 6.07) is 5.58. The second-order valence-corrected chi connectivity index (χ2v) is 6.30. The van der Waals surface area contributed by atoms with Crippen molar-refractivity contribution in [2.75, 3.05) is 10.6 Å². The van der Waals surface area contributed by atoms with Gasteiger partial charge in [0.05, 0.1) is 4.92 Å². The molecule has 1 fully saturated rings. The van der Waals surface area contributed by atoms with Crippen LogP contribution < -0.4 is 10.6 Å². The van der Waals surface area contributed by atoms with E-state index < -0.39 is 4.92 Å². The molecular weight excluding hydrogens is 330 g/mol. The minimum absolute atomic E-state index is 0.149. The molecule has 1 aliphatic rings. The van der Waals surface area contributed by atoms with Gasteiger partial charge < -0.3 is 10.6 Å². The molecule has 0 atom stereocenters. The first-order chi connectivity index (χ1) is 11.5. The number of halogens is 1. The third-order valence-electron chi connectivity index (χ3n) is 4.14. The van der Waals surface area contributed by atoms with E-state index in [1.807, 2.05) is 13.0 Å². The molecule has 0 unspecified atom stereocenters. The maximum atomic E-state index is 11.5. The van der Waals surface area contributed by atoms with E-state index in [2.05, 4.69) is 20.6 Å². The fourth-order valence-electron chi connectivity index (χ4n) is 2.82. The van der Waals surface area contributed by atoms with E-state index in [-0.39, 0.29) is 23.4 Å². The van der Waals surface area contributed by atoms with Crippen LogP contribution in [0.25, 0.3) is 0 Å². The third kappa shape index (κ3) is 3.56. The van der Waals surface area contributed by atoms with Gasteiger partial charge in [0.25, 0.3) is 0 Å². The first kappa shape index (κ1) is 16.4. The van der Waals surface area contributed by atoms with Gasteiger partial charge in [0, 0.05) is 16.8 Å². The van der Waals surface area contributed by atoms with Crippen LogP contribution in [0.4, 0.5) is 23.0 Å². The highest BCUT2D eigenvalue weighted by atomic mass is 35.5. The number of aryl methyl sites for hydroxylation is 1. The van der Waals surface area contributed by atoms with Crippen LogP contribution in [0.15, 0.2) is 24.5 Å². The van der Waals surface area contributed by atoms with Gasteiger partial charge in [-0.2, -0.15) is 0 Å². The van der Waals surface area contributed by atoms with Crippen molar-refractivity contribution < 1.29 is 4.92 Å². The first-order valence-electron chi connectivity index (χ1n) is 7.83. The Labute approximate surface area is 144 Å². The van der Waals surface area contributed by atoms with E-state index in [9.17, 15) is 10.1 Å². The molecule has 8 heteroatoms. The number of hydrogen-bond acceptors (Lipinski definition) is 6. The third-order valence-corrected chi connectivity index (χ3v) is 4.54. The number of rotatable bonds is 5. The number of benzene rings is 1. The van der Waals surface area contributed by atoms with Crippen molar-refractivity contribution >= 4 is 34.6 Å². The van der Waals surface area contributed by atoms with Gasteiger partial charge in [-0.05, 0) is 37.5 Å². The summed E-state index contributed by atoms with van der Waals surface area (Å²) in [6.07, 6.45) is 5.57. The Morgan fingerprint density at radius 1 is 1.25 bits per heavy atom. The second-order valence-electron chi connectivity index (χ2n) is 5.89. The molecule has 0 aliphatic heterocycles. The summed E-state index contributed by atoms with van der Waals surface area (Å²) < 4.78 is 0. The molecule has 0 radical (unpaired) electrons. The fraction of sp³-hybridized carbons (Fsp3) is 0.375. The maximum absolute atomic E-state index is 11.5. The molecule has 126 valence electrons. The first-order valence-corrected chi connectivity index (χ1v) is 8.21. The van der Waals surface area contributed by atoms with Gasteiger partial charge in [-0.15, -0.1) is 0 Å². The second kappa shape index (κ2) is 7.00. The molecular formula is C16H18ClN5O2. The van der Waals surface area contributed by atoms with Gasteiger partial charge in [0.1, 0.15) is 6.33 Å². The highest BCUT2D eigenvalue weighted by Crippen LogP contribution is 2.34. The number of nitro groups is 1. The smallest absolute Gasteiger partial charge is 0.353 e. The zero-order chi connectivity index (χ0) is 17.1. The summed E-state index contributed by atoms with van der Waals surface area (Å²) in [7, 11) is 0. The topological polar surface area (TPSA) is 93.0 Å². The molecule has 0 saturated heterocycles. The van der Waals surface area contributed by atoms with E-state index in [1.54, 1.807) is 12.1 Å². The summed E-state index contributed by atoms with van der Waals surface area (Å²) in [5.41, 5.74) is 1.42. The van der Waals surface area contributed by atoms with Gasteiger partial charge in [0.2, 0.25) is 11.6 Å². The van der Waals surface area contributed by atoms with Crippen LogP contribution >= 0.6 is 11.6 Å². The average molecular weight is 348 g/mol. The van der Waals surface area contributed by atoms with Crippen molar-refractivity contribution in [2.45, 2.75) is 38.6 Å². The molecule has 1 saturated carbocycles. The fourth-order valence-corrected chi connectivity index (χ4v) is 3.00. The van der Waals surface area contributed by atoms with Gasteiger partial charge in [-0.1, -0.05) is 30.5 Å². The summed E-state index contributed by atoms with van der Waals surface area (Å²) in [6.45, 7) is 1.89. The largest absolute Gasteiger partial charge is 0.361 e. The average Bonchev–Trinajstić information content (AvgIpc) is 3.04. The zero-order valence-electron chi connectivity index (χ0n) is 13.3. The number of nitrogens with one attached hydrogen (secondary N) is 2. The van der Waals surface area contributed by atoms with Crippen molar-refractivity contribution in [2.24, 2.45) is 0 Å². The van der Waals surface area contributed by atoms with Crippen LogP contribution in [0.1, 0.15) is 31.2 Å². The van der Waals surface area contributed by atoms with Crippen LogP contribution in [0.3, 0.4) is 0 Å². The molecule has 2 aromatic rings. The van der Waals surface area contributed by atoms with Crippen LogP contribution in [0.5, 0.6) is 0 Å². The lowest BCUT2D eigenvalue weighted by molar-refractivity contribution is -0.383. The lowest BCUT2D eigenvalue weighted by atomic mass is 10.2. The summed E-state index contributed by atoms with van der Waals surface area (Å²) >= 11 is 6.11. The Morgan fingerprint density at radius 3 is 2.62 bits per heavy atom. The van der Waals surface area contributed by atoms with Crippen molar-refractivity contribution in [3.63, 3.8) is 0 Å². The van der Waals surface area contributed by atoms with E-state index in [1.165, 1.54) is 6.33 Å². The Morgan fingerprint density at radius 2 is 1.96 bits per heavy atom. The Balaban J connectivity index is 1.91. The summed E-state index contributed by atoms with van der Waals surface area (Å²) in [4.78, 5) is 19.2. The van der Waals surface area contributed by atoms with E-state index in [4.69, 9.17) is 11.6 Å². The Bertz CT molecular complexity index is 762. The van der Waals surface area contributed by atoms with Gasteiger partial charge >= 0.3 is 5.69 Å². The molecule has 1 aliphatic carbocycles. The van der Waals surface area contributed by atoms with Crippen molar-refractivity contribution in [1.82, 2.24) is 9.97 Å². The number of anilines is 3. The minimum Gasteiger partial charge on any atom is -0.361 e. The zero-order valence-corrected chi connectivity index (χ0v) is 14.0. The SMILES string of the molecule is Cc1ccc(Nc2ncnc(NC3CCCC3)c2[N+](=O)[O-])cc1Cl. The van der Waals surface area contributed by atoms with Crippen LogP contribution in [-0.4, -0.2) is 20.9 Å². The normalized spacial score (nSPS) is 14.6. The summed E-state index contributed by atoms with van der Waals surface area (Å²) in [5.74, 6) is 0.401. The maximum Gasteiger partial charge on any atom is 0.353 e. The lowest BCUT2D eigenvalue weighted by Crippen LogP contribution is -2.17. The van der Waals surface area contributed by atoms with Gasteiger partial charge in [-0.25, -0.2) is 9.97 Å².